The fourth-order valence-electron chi connectivity index (χ4n) is 0.259. The standard InChI is InChI=1S/C3H5O6P/c4-2-9-3(5)1-10(6,7)8/h2H,1H2,(H2,6,7,8). The zero-order chi connectivity index (χ0) is 8.20. The van der Waals surface area contributed by atoms with E-state index in [9.17, 15) is 14.2 Å². The van der Waals surface area contributed by atoms with Gasteiger partial charge < -0.3 is 14.5 Å². The number of esters is 1. The molecule has 0 aromatic heterocycles. The highest BCUT2D eigenvalue weighted by Gasteiger charge is 2.19. The highest BCUT2D eigenvalue weighted by molar-refractivity contribution is 7.52. The Labute approximate surface area is 56.0 Å². The van der Waals surface area contributed by atoms with Gasteiger partial charge >= 0.3 is 20.0 Å². The van der Waals surface area contributed by atoms with Crippen LogP contribution in [0.25, 0.3) is 0 Å². The Morgan fingerprint density at radius 3 is 2.40 bits per heavy atom. The van der Waals surface area contributed by atoms with Crippen molar-refractivity contribution in [3.63, 3.8) is 0 Å². The second kappa shape index (κ2) is 3.46. The molecule has 0 bridgehead atoms. The number of carbonyl (C=O) groups excluding carboxylic acids is 2. The molecule has 0 atom stereocenters. The highest BCUT2D eigenvalue weighted by Crippen LogP contribution is 2.33. The van der Waals surface area contributed by atoms with Crippen LogP contribution in [0, 0.1) is 0 Å². The van der Waals surface area contributed by atoms with Crippen molar-refractivity contribution in [2.75, 3.05) is 6.16 Å². The number of hydrogen-bond acceptors (Lipinski definition) is 4. The van der Waals surface area contributed by atoms with E-state index in [1.54, 1.807) is 0 Å². The third-order valence-electron chi connectivity index (χ3n) is 0.515. The zero-order valence-electron chi connectivity index (χ0n) is 4.76. The lowest BCUT2D eigenvalue weighted by molar-refractivity contribution is -0.149. The van der Waals surface area contributed by atoms with E-state index in [2.05, 4.69) is 4.74 Å². The average Bonchev–Trinajstić information content (AvgIpc) is 1.59. The molecule has 0 aliphatic heterocycles. The van der Waals surface area contributed by atoms with Crippen LogP contribution in [0.4, 0.5) is 0 Å². The molecular formula is C3H5O6P. The van der Waals surface area contributed by atoms with Gasteiger partial charge in [0.15, 0.2) is 0 Å². The second-order valence-electron chi connectivity index (χ2n) is 1.41. The van der Waals surface area contributed by atoms with Gasteiger partial charge in [-0.05, 0) is 0 Å². The van der Waals surface area contributed by atoms with E-state index in [0.29, 0.717) is 0 Å². The summed E-state index contributed by atoms with van der Waals surface area (Å²) in [6, 6.07) is 0. The Hall–Kier alpha value is -0.710. The maximum Gasteiger partial charge on any atom is 0.336 e. The van der Waals surface area contributed by atoms with Crippen LogP contribution in [0.5, 0.6) is 0 Å². The minimum Gasteiger partial charge on any atom is -0.395 e. The minimum atomic E-state index is -4.38. The van der Waals surface area contributed by atoms with Crippen molar-refractivity contribution in [1.82, 2.24) is 0 Å². The Kier molecular flexibility index (Phi) is 3.21. The van der Waals surface area contributed by atoms with Gasteiger partial charge in [-0.3, -0.25) is 14.2 Å². The van der Waals surface area contributed by atoms with Gasteiger partial charge in [-0.25, -0.2) is 0 Å². The SMILES string of the molecule is O=COC(=O)CP(=O)(O)O. The zero-order valence-corrected chi connectivity index (χ0v) is 5.65. The topological polar surface area (TPSA) is 101 Å². The molecule has 0 spiro atoms. The summed E-state index contributed by atoms with van der Waals surface area (Å²) in [7, 11) is -4.38. The largest absolute Gasteiger partial charge is 0.395 e. The van der Waals surface area contributed by atoms with Crippen molar-refractivity contribution in [2.45, 2.75) is 0 Å². The molecule has 0 aliphatic rings. The van der Waals surface area contributed by atoms with Crippen molar-refractivity contribution < 1.29 is 28.7 Å². The van der Waals surface area contributed by atoms with Crippen molar-refractivity contribution in [3.8, 4) is 0 Å². The molecule has 0 amide bonds. The van der Waals surface area contributed by atoms with Crippen LogP contribution in [0.3, 0.4) is 0 Å². The van der Waals surface area contributed by atoms with Crippen LogP contribution in [0.2, 0.25) is 0 Å². The molecule has 0 fully saturated rings. The lowest BCUT2D eigenvalue weighted by Gasteiger charge is -1.98. The maximum absolute atomic E-state index is 10.1. The lowest BCUT2D eigenvalue weighted by atomic mass is 10.8. The Balaban J connectivity index is 3.80. The number of rotatable bonds is 3. The average molecular weight is 168 g/mol. The van der Waals surface area contributed by atoms with E-state index in [1.807, 2.05) is 0 Å². The molecule has 10 heavy (non-hydrogen) atoms. The summed E-state index contributed by atoms with van der Waals surface area (Å²) in [5.74, 6) is -1.23. The van der Waals surface area contributed by atoms with Crippen molar-refractivity contribution >= 4 is 20.0 Å². The quantitative estimate of drug-likeness (QED) is 0.239. The van der Waals surface area contributed by atoms with E-state index in [1.165, 1.54) is 0 Å². The first-order valence-electron chi connectivity index (χ1n) is 2.13. The normalized spacial score (nSPS) is 10.6. The first kappa shape index (κ1) is 9.29. The van der Waals surface area contributed by atoms with E-state index in [-0.39, 0.29) is 6.47 Å². The molecule has 0 aromatic rings. The maximum atomic E-state index is 10.1. The van der Waals surface area contributed by atoms with E-state index in [4.69, 9.17) is 9.79 Å². The molecule has 2 N–H and O–H groups in total. The summed E-state index contributed by atoms with van der Waals surface area (Å²) >= 11 is 0. The van der Waals surface area contributed by atoms with Gasteiger partial charge in [-0.15, -0.1) is 0 Å². The van der Waals surface area contributed by atoms with Gasteiger partial charge in [-0.2, -0.15) is 0 Å². The molecule has 58 valence electrons. The first-order chi connectivity index (χ1) is 4.45. The molecule has 0 aromatic carbocycles. The molecule has 0 heterocycles. The minimum absolute atomic E-state index is 0.183. The van der Waals surface area contributed by atoms with Gasteiger partial charge in [0.2, 0.25) is 0 Å². The van der Waals surface area contributed by atoms with Gasteiger partial charge in [0, 0.05) is 0 Å². The summed E-state index contributed by atoms with van der Waals surface area (Å²) in [4.78, 5) is 35.7. The Morgan fingerprint density at radius 2 is 2.10 bits per heavy atom. The summed E-state index contributed by atoms with van der Waals surface area (Å²) < 4.78 is 13.6. The smallest absolute Gasteiger partial charge is 0.336 e. The predicted octanol–water partition coefficient (Wildman–Crippen LogP) is -1.14. The highest BCUT2D eigenvalue weighted by atomic mass is 31.2. The Bertz CT molecular complexity index is 179. The third-order valence-corrected chi connectivity index (χ3v) is 1.18. The second-order valence-corrected chi connectivity index (χ2v) is 3.05. The summed E-state index contributed by atoms with van der Waals surface area (Å²) in [5.41, 5.74) is 0. The fraction of sp³-hybridized carbons (Fsp3) is 0.333. The molecule has 0 radical (unpaired) electrons. The van der Waals surface area contributed by atoms with Crippen LogP contribution in [0.15, 0.2) is 0 Å². The van der Waals surface area contributed by atoms with E-state index >= 15 is 0 Å². The van der Waals surface area contributed by atoms with Crippen LogP contribution in [0.1, 0.15) is 0 Å². The molecule has 7 heteroatoms. The fourth-order valence-corrected chi connectivity index (χ4v) is 0.670. The molecule has 0 rings (SSSR count). The number of carbonyl (C=O) groups is 2. The molecule has 0 saturated heterocycles. The molecule has 0 unspecified atom stereocenters. The van der Waals surface area contributed by atoms with Gasteiger partial charge in [-0.1, -0.05) is 0 Å². The van der Waals surface area contributed by atoms with Crippen LogP contribution >= 0.6 is 7.60 Å². The molecule has 6 nitrogen and oxygen atoms in total. The molecule has 0 aliphatic carbocycles. The van der Waals surface area contributed by atoms with Gasteiger partial charge in [0.05, 0.1) is 0 Å². The van der Waals surface area contributed by atoms with Gasteiger partial charge in [0.1, 0.15) is 6.16 Å². The van der Waals surface area contributed by atoms with Crippen LogP contribution in [-0.2, 0) is 18.9 Å². The van der Waals surface area contributed by atoms with Crippen LogP contribution in [-0.4, -0.2) is 28.4 Å². The van der Waals surface area contributed by atoms with E-state index in [0.717, 1.165) is 0 Å². The van der Waals surface area contributed by atoms with Crippen molar-refractivity contribution in [2.24, 2.45) is 0 Å². The monoisotopic (exact) mass is 168 g/mol. The summed E-state index contributed by atoms with van der Waals surface area (Å²) in [6.45, 7) is -0.183. The van der Waals surface area contributed by atoms with Crippen molar-refractivity contribution in [3.05, 3.63) is 0 Å². The summed E-state index contributed by atoms with van der Waals surface area (Å²) in [5, 5.41) is 0. The third kappa shape index (κ3) is 5.43. The van der Waals surface area contributed by atoms with Crippen molar-refractivity contribution in [1.29, 1.82) is 0 Å². The Morgan fingerprint density at radius 1 is 1.60 bits per heavy atom. The van der Waals surface area contributed by atoms with Crippen LogP contribution < -0.4 is 0 Å². The van der Waals surface area contributed by atoms with Gasteiger partial charge in [0.25, 0.3) is 0 Å². The number of ether oxygens (including phenoxy) is 1. The summed E-state index contributed by atoms with van der Waals surface area (Å²) in [6.07, 6.45) is -1.06. The predicted molar refractivity (Wildman–Crippen MR) is 29.1 cm³/mol. The number of hydrogen-bond donors (Lipinski definition) is 2. The lowest BCUT2D eigenvalue weighted by Crippen LogP contribution is -2.08. The molecular weight excluding hydrogens is 163 g/mol. The van der Waals surface area contributed by atoms with E-state index < -0.39 is 19.7 Å². The first-order valence-corrected chi connectivity index (χ1v) is 3.93. The molecule has 0 saturated carbocycles.